The van der Waals surface area contributed by atoms with E-state index in [1.54, 1.807) is 12.1 Å². The van der Waals surface area contributed by atoms with Crippen LogP contribution in [0.15, 0.2) is 36.6 Å². The van der Waals surface area contributed by atoms with Gasteiger partial charge >= 0.3 is 5.97 Å². The highest BCUT2D eigenvalue weighted by Crippen LogP contribution is 2.61. The number of hydrogen-bond acceptors (Lipinski definition) is 17. The van der Waals surface area contributed by atoms with E-state index in [-0.39, 0.29) is 11.5 Å². The molecule has 48 heavy (non-hydrogen) atoms. The predicted octanol–water partition coefficient (Wildman–Crippen LogP) is -2.76. The lowest BCUT2D eigenvalue weighted by atomic mass is 9.85. The number of benzene rings is 1. The molecule has 8 N–H and O–H groups in total. The van der Waals surface area contributed by atoms with Crippen LogP contribution in [-0.4, -0.2) is 153 Å². The van der Waals surface area contributed by atoms with Crippen LogP contribution in [0.5, 0.6) is 11.5 Å². The van der Waals surface area contributed by atoms with Crippen LogP contribution in [0.4, 0.5) is 0 Å². The van der Waals surface area contributed by atoms with Crippen molar-refractivity contribution in [3.05, 3.63) is 42.2 Å². The normalized spacial score (nSPS) is 44.9. The van der Waals surface area contributed by atoms with E-state index in [0.29, 0.717) is 5.56 Å². The number of epoxide rings is 1. The van der Waals surface area contributed by atoms with Crippen LogP contribution in [-0.2, 0) is 38.0 Å². The summed E-state index contributed by atoms with van der Waals surface area (Å²) in [5.41, 5.74) is -0.783. The van der Waals surface area contributed by atoms with Crippen molar-refractivity contribution in [1.29, 1.82) is 0 Å². The van der Waals surface area contributed by atoms with Crippen LogP contribution in [0.3, 0.4) is 0 Å². The molecule has 0 amide bonds. The zero-order valence-electron chi connectivity index (χ0n) is 25.9. The molecule has 1 saturated carbocycles. The SMILES string of the molecule is COc1ccc(C=CC(=O)O[C@@H]2[C@@H](O)[C@H](C)O[C@@H](O[C@H]3[C@@H]4C=CO[C@@H](O[C@@H]5O[C@H](CO)[C@@H](O)[C@H](O)[C@H]5O)[C@@H]4[C@@]4(CO)O[C@@H]34)[C@@H]2O)cc1O. The molecule has 4 aliphatic heterocycles. The van der Waals surface area contributed by atoms with Crippen molar-refractivity contribution in [2.45, 2.75) is 92.4 Å². The molecule has 17 nitrogen and oxygen atoms in total. The minimum atomic E-state index is -1.71. The first kappa shape index (κ1) is 34.9. The molecule has 0 radical (unpaired) electrons. The van der Waals surface area contributed by atoms with Crippen molar-refractivity contribution >= 4 is 12.0 Å². The molecule has 0 unspecified atom stereocenters. The molecule has 0 spiro atoms. The Morgan fingerprint density at radius 1 is 0.938 bits per heavy atom. The van der Waals surface area contributed by atoms with Crippen LogP contribution < -0.4 is 4.74 Å². The molecule has 3 saturated heterocycles. The molecule has 4 heterocycles. The lowest BCUT2D eigenvalue weighted by Crippen LogP contribution is -2.60. The highest BCUT2D eigenvalue weighted by molar-refractivity contribution is 5.87. The largest absolute Gasteiger partial charge is 0.504 e. The number of rotatable bonds is 10. The summed E-state index contributed by atoms with van der Waals surface area (Å²) < 4.78 is 45.3. The summed E-state index contributed by atoms with van der Waals surface area (Å²) in [6, 6.07) is 4.48. The van der Waals surface area contributed by atoms with Crippen molar-refractivity contribution < 1.29 is 83.5 Å². The van der Waals surface area contributed by atoms with Crippen LogP contribution in [0, 0.1) is 11.8 Å². The maximum Gasteiger partial charge on any atom is 0.331 e. The van der Waals surface area contributed by atoms with Gasteiger partial charge in [0.05, 0.1) is 44.7 Å². The van der Waals surface area contributed by atoms with Crippen LogP contribution in [0.2, 0.25) is 0 Å². The van der Waals surface area contributed by atoms with Crippen molar-refractivity contribution in [3.8, 4) is 11.5 Å². The molecule has 1 aromatic rings. The number of aliphatic hydroxyl groups excluding tert-OH is 7. The second-order valence-corrected chi connectivity index (χ2v) is 12.4. The van der Waals surface area contributed by atoms with Gasteiger partial charge in [0.1, 0.15) is 48.3 Å². The molecule has 4 fully saturated rings. The van der Waals surface area contributed by atoms with Gasteiger partial charge in [-0.2, -0.15) is 0 Å². The fraction of sp³-hybridized carbons (Fsp3) is 0.645. The average Bonchev–Trinajstić information content (AvgIpc) is 3.75. The highest BCUT2D eigenvalue weighted by atomic mass is 16.8. The number of aliphatic hydroxyl groups is 7. The predicted molar refractivity (Wildman–Crippen MR) is 155 cm³/mol. The van der Waals surface area contributed by atoms with E-state index in [4.69, 9.17) is 37.9 Å². The van der Waals surface area contributed by atoms with Gasteiger partial charge in [0.2, 0.25) is 6.29 Å². The summed E-state index contributed by atoms with van der Waals surface area (Å²) in [7, 11) is 1.40. The Balaban J connectivity index is 1.14. The van der Waals surface area contributed by atoms with Crippen molar-refractivity contribution in [1.82, 2.24) is 0 Å². The summed E-state index contributed by atoms with van der Waals surface area (Å²) >= 11 is 0. The van der Waals surface area contributed by atoms with Gasteiger partial charge in [0.25, 0.3) is 0 Å². The summed E-state index contributed by atoms with van der Waals surface area (Å²) in [5.74, 6) is -2.13. The zero-order chi connectivity index (χ0) is 34.5. The Bertz CT molecular complexity index is 1370. The molecule has 266 valence electrons. The van der Waals surface area contributed by atoms with Crippen molar-refractivity contribution in [3.63, 3.8) is 0 Å². The Morgan fingerprint density at radius 2 is 1.69 bits per heavy atom. The van der Waals surface area contributed by atoms with E-state index in [0.717, 1.165) is 6.08 Å². The number of methoxy groups -OCH3 is 1. The van der Waals surface area contributed by atoms with E-state index in [1.807, 2.05) is 0 Å². The van der Waals surface area contributed by atoms with Gasteiger partial charge in [0.15, 0.2) is 30.2 Å². The molecule has 1 aromatic carbocycles. The molecule has 16 atom stereocenters. The lowest BCUT2D eigenvalue weighted by molar-refractivity contribution is -0.347. The number of carbonyl (C=O) groups is 1. The number of esters is 1. The second kappa shape index (κ2) is 13.8. The van der Waals surface area contributed by atoms with Crippen LogP contribution in [0.1, 0.15) is 12.5 Å². The maximum absolute atomic E-state index is 12.7. The highest BCUT2D eigenvalue weighted by Gasteiger charge is 2.77. The number of phenols is 1. The summed E-state index contributed by atoms with van der Waals surface area (Å²) in [4.78, 5) is 12.7. The summed E-state index contributed by atoms with van der Waals surface area (Å²) in [6.45, 7) is 0.346. The van der Waals surface area contributed by atoms with E-state index in [2.05, 4.69) is 0 Å². The third-order valence-electron chi connectivity index (χ3n) is 9.54. The Hall–Kier alpha value is -2.91. The van der Waals surface area contributed by atoms with E-state index >= 15 is 0 Å². The summed E-state index contributed by atoms with van der Waals surface area (Å²) in [6.07, 6.45) is -12.1. The first-order valence-corrected chi connectivity index (χ1v) is 15.4. The monoisotopic (exact) mass is 684 g/mol. The molecule has 1 aliphatic carbocycles. The van der Waals surface area contributed by atoms with Gasteiger partial charge < -0.3 is 78.7 Å². The zero-order valence-corrected chi connectivity index (χ0v) is 25.9. The number of phenolic OH excluding ortho intramolecular Hbond substituents is 1. The van der Waals surface area contributed by atoms with E-state index in [9.17, 15) is 45.6 Å². The fourth-order valence-electron chi connectivity index (χ4n) is 6.86. The van der Waals surface area contributed by atoms with Crippen molar-refractivity contribution in [2.75, 3.05) is 20.3 Å². The number of hydrogen-bond donors (Lipinski definition) is 8. The minimum Gasteiger partial charge on any atom is -0.504 e. The lowest BCUT2D eigenvalue weighted by Gasteiger charge is -2.44. The Kier molecular flexibility index (Phi) is 10.0. The number of fused-ring (bicyclic) bond motifs is 3. The van der Waals surface area contributed by atoms with Crippen LogP contribution in [0.25, 0.3) is 6.08 Å². The summed E-state index contributed by atoms with van der Waals surface area (Å²) in [5, 5.41) is 82.7. The van der Waals surface area contributed by atoms with Gasteiger partial charge in [-0.3, -0.25) is 0 Å². The van der Waals surface area contributed by atoms with E-state index < -0.39 is 117 Å². The average molecular weight is 685 g/mol. The standard InChI is InChI=1S/C31H40O17/c1-12-20(36)26(45-18(35)6-4-13-3-5-16(41-2)15(34)9-13)24(40)30(43-12)46-25-14-7-8-42-28(19(14)31(11-33)27(25)48-31)47-29-23(39)22(38)21(37)17(10-32)44-29/h3-9,12,14,17,19-30,32-34,36-40H,10-11H2,1-2H3/t12-,14+,17+,19+,20-,21+,22-,23+,24+,25-,26+,27-,28-,29-,30-,31+/m0/s1. The molecule has 6 rings (SSSR count). The molecular formula is C31H40O17. The molecule has 5 aliphatic rings. The molecule has 0 aromatic heterocycles. The smallest absolute Gasteiger partial charge is 0.331 e. The number of aromatic hydroxyl groups is 1. The van der Waals surface area contributed by atoms with E-state index in [1.165, 1.54) is 38.5 Å². The Morgan fingerprint density at radius 3 is 2.38 bits per heavy atom. The van der Waals surface area contributed by atoms with Gasteiger partial charge in [-0.15, -0.1) is 0 Å². The van der Waals surface area contributed by atoms with Crippen LogP contribution >= 0.6 is 0 Å². The van der Waals surface area contributed by atoms with Gasteiger partial charge in [-0.25, -0.2) is 4.79 Å². The van der Waals surface area contributed by atoms with Crippen molar-refractivity contribution in [2.24, 2.45) is 11.8 Å². The van der Waals surface area contributed by atoms with Gasteiger partial charge in [-0.05, 0) is 36.8 Å². The quantitative estimate of drug-likeness (QED) is 0.0705. The topological polar surface area (TPSA) is 256 Å². The fourth-order valence-corrected chi connectivity index (χ4v) is 6.86. The second-order valence-electron chi connectivity index (χ2n) is 12.4. The number of carbonyl (C=O) groups excluding carboxylic acids is 1. The molecule has 0 bridgehead atoms. The van der Waals surface area contributed by atoms with Gasteiger partial charge in [-0.1, -0.05) is 6.07 Å². The first-order chi connectivity index (χ1) is 22.9. The third-order valence-corrected chi connectivity index (χ3v) is 9.54. The molecule has 17 heteroatoms. The van der Waals surface area contributed by atoms with Gasteiger partial charge in [0, 0.05) is 12.0 Å². The Labute approximate surface area is 274 Å². The molecular weight excluding hydrogens is 644 g/mol. The third kappa shape index (κ3) is 6.19. The maximum atomic E-state index is 12.7. The number of ether oxygens (including phenoxy) is 8. The first-order valence-electron chi connectivity index (χ1n) is 15.4. The minimum absolute atomic E-state index is 0.137.